The van der Waals surface area contributed by atoms with E-state index in [1.54, 1.807) is 41.3 Å². The number of methoxy groups -OCH3 is 1. The van der Waals surface area contributed by atoms with Crippen LogP contribution in [0.4, 0.5) is 11.4 Å². The molecule has 2 aromatic carbocycles. The lowest BCUT2D eigenvalue weighted by Gasteiger charge is -2.29. The molecule has 6 heteroatoms. The molecule has 1 heterocycles. The molecule has 1 N–H and O–H groups in total. The van der Waals surface area contributed by atoms with Crippen LogP contribution in [-0.4, -0.2) is 32.1 Å². The summed E-state index contributed by atoms with van der Waals surface area (Å²) in [5.74, 6) is 0.773. The maximum atomic E-state index is 12.5. The van der Waals surface area contributed by atoms with Gasteiger partial charge in [-0.25, -0.2) is 0 Å². The molecular formula is C19H20N2O4. The summed E-state index contributed by atoms with van der Waals surface area (Å²) in [6.45, 7) is 2.67. The Labute approximate surface area is 146 Å². The van der Waals surface area contributed by atoms with Crippen LogP contribution in [0.1, 0.15) is 23.7 Å². The topological polar surface area (TPSA) is 67.9 Å². The number of hydrogen-bond acceptors (Lipinski definition) is 4. The second-order valence-corrected chi connectivity index (χ2v) is 5.67. The summed E-state index contributed by atoms with van der Waals surface area (Å²) in [7, 11) is 1.53. The normalized spacial score (nSPS) is 13.0. The summed E-state index contributed by atoms with van der Waals surface area (Å²) in [6.07, 6.45) is 0.859. The molecule has 0 spiro atoms. The van der Waals surface area contributed by atoms with Crippen LogP contribution in [-0.2, 0) is 4.79 Å². The Morgan fingerprint density at radius 1 is 1.28 bits per heavy atom. The number of nitrogens with one attached hydrogen (secondary N) is 1. The van der Waals surface area contributed by atoms with Crippen LogP contribution in [0.2, 0.25) is 0 Å². The van der Waals surface area contributed by atoms with Crippen molar-refractivity contribution in [2.45, 2.75) is 13.3 Å². The van der Waals surface area contributed by atoms with Crippen LogP contribution >= 0.6 is 0 Å². The lowest BCUT2D eigenvalue weighted by molar-refractivity contribution is -0.121. The fourth-order valence-corrected chi connectivity index (χ4v) is 2.78. The van der Waals surface area contributed by atoms with Crippen LogP contribution in [0.5, 0.6) is 11.5 Å². The van der Waals surface area contributed by atoms with Gasteiger partial charge in [0.05, 0.1) is 18.4 Å². The van der Waals surface area contributed by atoms with E-state index in [0.717, 1.165) is 12.1 Å². The van der Waals surface area contributed by atoms with Crippen molar-refractivity contribution in [3.05, 3.63) is 48.0 Å². The van der Waals surface area contributed by atoms with Gasteiger partial charge >= 0.3 is 0 Å². The van der Waals surface area contributed by atoms with E-state index in [9.17, 15) is 9.59 Å². The maximum Gasteiger partial charge on any atom is 0.265 e. The average Bonchev–Trinajstić information content (AvgIpc) is 2.64. The Balaban J connectivity index is 1.83. The Morgan fingerprint density at radius 3 is 2.84 bits per heavy atom. The summed E-state index contributed by atoms with van der Waals surface area (Å²) >= 11 is 0. The van der Waals surface area contributed by atoms with Crippen molar-refractivity contribution in [2.75, 3.05) is 30.5 Å². The number of amides is 2. The molecule has 1 aliphatic heterocycles. The summed E-state index contributed by atoms with van der Waals surface area (Å²) in [6, 6.07) is 12.3. The number of ether oxygens (including phenoxy) is 2. The van der Waals surface area contributed by atoms with Crippen molar-refractivity contribution in [3.63, 3.8) is 0 Å². The number of carbonyl (C=O) groups excluding carboxylic acids is 2. The fourth-order valence-electron chi connectivity index (χ4n) is 2.78. The Morgan fingerprint density at radius 2 is 2.08 bits per heavy atom. The first-order chi connectivity index (χ1) is 12.1. The van der Waals surface area contributed by atoms with Gasteiger partial charge in [-0.1, -0.05) is 19.1 Å². The standard InChI is InChI=1S/C19H20N2O4/c1-3-10-21-15-9-8-13(11-17(15)25-12-18(21)22)20-19(23)14-6-4-5-7-16(14)24-2/h4-9,11H,3,10,12H2,1-2H3,(H,20,23). The molecule has 130 valence electrons. The van der Waals surface area contributed by atoms with E-state index < -0.39 is 0 Å². The van der Waals surface area contributed by atoms with Gasteiger partial charge in [0.1, 0.15) is 11.5 Å². The van der Waals surface area contributed by atoms with Crippen LogP contribution in [0.25, 0.3) is 0 Å². The maximum absolute atomic E-state index is 12.5. The number of hydrogen-bond donors (Lipinski definition) is 1. The predicted octanol–water partition coefficient (Wildman–Crippen LogP) is 3.08. The van der Waals surface area contributed by atoms with Crippen LogP contribution in [0.3, 0.4) is 0 Å². The fraction of sp³-hybridized carbons (Fsp3) is 0.263. The molecule has 3 rings (SSSR count). The number of carbonyl (C=O) groups is 2. The molecular weight excluding hydrogens is 320 g/mol. The zero-order chi connectivity index (χ0) is 17.8. The Kier molecular flexibility index (Phi) is 4.88. The minimum Gasteiger partial charge on any atom is -0.496 e. The molecule has 0 aliphatic carbocycles. The summed E-state index contributed by atoms with van der Waals surface area (Å²) in [4.78, 5) is 26.2. The van der Waals surface area contributed by atoms with E-state index in [2.05, 4.69) is 5.32 Å². The number of rotatable bonds is 5. The van der Waals surface area contributed by atoms with Crippen molar-refractivity contribution < 1.29 is 19.1 Å². The highest BCUT2D eigenvalue weighted by atomic mass is 16.5. The zero-order valence-electron chi connectivity index (χ0n) is 14.2. The second-order valence-electron chi connectivity index (χ2n) is 5.67. The quantitative estimate of drug-likeness (QED) is 0.908. The molecule has 2 amide bonds. The first kappa shape index (κ1) is 16.8. The van der Waals surface area contributed by atoms with E-state index in [0.29, 0.717) is 29.3 Å². The van der Waals surface area contributed by atoms with Gasteiger partial charge in [-0.15, -0.1) is 0 Å². The molecule has 0 atom stereocenters. The van der Waals surface area contributed by atoms with Gasteiger partial charge in [-0.2, -0.15) is 0 Å². The molecule has 0 saturated carbocycles. The molecule has 2 aromatic rings. The third kappa shape index (κ3) is 3.42. The first-order valence-corrected chi connectivity index (χ1v) is 8.15. The molecule has 0 aromatic heterocycles. The summed E-state index contributed by atoms with van der Waals surface area (Å²) < 4.78 is 10.7. The van der Waals surface area contributed by atoms with Crippen LogP contribution < -0.4 is 19.7 Å². The van der Waals surface area contributed by atoms with Crippen molar-refractivity contribution >= 4 is 23.2 Å². The molecule has 6 nitrogen and oxygen atoms in total. The number of benzene rings is 2. The van der Waals surface area contributed by atoms with E-state index >= 15 is 0 Å². The highest BCUT2D eigenvalue weighted by molar-refractivity contribution is 6.06. The Bertz CT molecular complexity index is 804. The third-order valence-corrected chi connectivity index (χ3v) is 3.96. The van der Waals surface area contributed by atoms with Gasteiger partial charge in [0.25, 0.3) is 11.8 Å². The minimum absolute atomic E-state index is 0.0108. The number of anilines is 2. The van der Waals surface area contributed by atoms with Gasteiger partial charge in [0.15, 0.2) is 6.61 Å². The van der Waals surface area contributed by atoms with Gasteiger partial charge in [-0.3, -0.25) is 9.59 Å². The average molecular weight is 340 g/mol. The van der Waals surface area contributed by atoms with E-state index in [-0.39, 0.29) is 18.4 Å². The van der Waals surface area contributed by atoms with Crippen LogP contribution in [0, 0.1) is 0 Å². The lowest BCUT2D eigenvalue weighted by Crippen LogP contribution is -2.39. The van der Waals surface area contributed by atoms with Crippen molar-refractivity contribution in [3.8, 4) is 11.5 Å². The van der Waals surface area contributed by atoms with Crippen molar-refractivity contribution in [2.24, 2.45) is 0 Å². The SMILES string of the molecule is CCCN1C(=O)COc2cc(NC(=O)c3ccccc3OC)ccc21. The molecule has 25 heavy (non-hydrogen) atoms. The van der Waals surface area contributed by atoms with Crippen molar-refractivity contribution in [1.29, 1.82) is 0 Å². The van der Waals surface area contributed by atoms with E-state index in [4.69, 9.17) is 9.47 Å². The van der Waals surface area contributed by atoms with Gasteiger partial charge < -0.3 is 19.7 Å². The minimum atomic E-state index is -0.269. The number of nitrogens with zero attached hydrogens (tertiary/aromatic N) is 1. The molecule has 0 fully saturated rings. The number of fused-ring (bicyclic) bond motifs is 1. The van der Waals surface area contributed by atoms with Crippen LogP contribution in [0.15, 0.2) is 42.5 Å². The van der Waals surface area contributed by atoms with E-state index in [1.165, 1.54) is 7.11 Å². The Hall–Kier alpha value is -3.02. The van der Waals surface area contributed by atoms with E-state index in [1.807, 2.05) is 13.0 Å². The first-order valence-electron chi connectivity index (χ1n) is 8.15. The molecule has 1 aliphatic rings. The monoisotopic (exact) mass is 340 g/mol. The van der Waals surface area contributed by atoms with Crippen molar-refractivity contribution in [1.82, 2.24) is 0 Å². The zero-order valence-corrected chi connectivity index (χ0v) is 14.2. The molecule has 0 saturated heterocycles. The summed E-state index contributed by atoms with van der Waals surface area (Å²) in [5, 5.41) is 2.84. The molecule has 0 unspecified atom stereocenters. The van der Waals surface area contributed by atoms with Gasteiger partial charge in [-0.05, 0) is 30.7 Å². The van der Waals surface area contributed by atoms with Gasteiger partial charge in [0, 0.05) is 18.3 Å². The second kappa shape index (κ2) is 7.25. The smallest absolute Gasteiger partial charge is 0.265 e. The molecule has 0 bridgehead atoms. The van der Waals surface area contributed by atoms with Gasteiger partial charge in [0.2, 0.25) is 0 Å². The highest BCUT2D eigenvalue weighted by Gasteiger charge is 2.25. The number of para-hydroxylation sites is 1. The summed E-state index contributed by atoms with van der Waals surface area (Å²) in [5.41, 5.74) is 1.78. The predicted molar refractivity (Wildman–Crippen MR) is 95.5 cm³/mol. The largest absolute Gasteiger partial charge is 0.496 e. The lowest BCUT2D eigenvalue weighted by atomic mass is 10.1. The highest BCUT2D eigenvalue weighted by Crippen LogP contribution is 2.35. The third-order valence-electron chi connectivity index (χ3n) is 3.96. The molecule has 0 radical (unpaired) electrons.